The van der Waals surface area contributed by atoms with Gasteiger partial charge in [-0.3, -0.25) is 19.1 Å². The molecule has 1 amide bonds. The number of halogens is 2. The van der Waals surface area contributed by atoms with Gasteiger partial charge in [-0.2, -0.15) is 0 Å². The smallest absolute Gasteiger partial charge is 0.268 e. The number of carbonyl (C=O) groups excluding carboxylic acids is 1. The van der Waals surface area contributed by atoms with Gasteiger partial charge in [0.15, 0.2) is 0 Å². The maximum absolute atomic E-state index is 13.6. The van der Waals surface area contributed by atoms with E-state index in [9.17, 15) is 9.59 Å². The molecule has 0 N–H and O–H groups in total. The topological polar surface area (TPSA) is 67.6 Å². The predicted octanol–water partition coefficient (Wildman–Crippen LogP) is 6.94. The van der Waals surface area contributed by atoms with Gasteiger partial charge in [-0.25, -0.2) is 9.98 Å². The predicted molar refractivity (Wildman–Crippen MR) is 160 cm³/mol. The van der Waals surface area contributed by atoms with Gasteiger partial charge < -0.3 is 0 Å². The standard InChI is InChI=1S/C31H20BrClN4O2/c1-19-34-27-16-9-22(32)18-26(27)30(38)36(19)24-12-14-25(15-13-24)37-29(21-5-3-2-4-6-21)35-28(31(37)39)17-20-7-10-23(33)11-8-20/h2-18H,1H3. The van der Waals surface area contributed by atoms with Crippen LogP contribution in [0.15, 0.2) is 117 Å². The van der Waals surface area contributed by atoms with Gasteiger partial charge in [-0.05, 0) is 73.2 Å². The summed E-state index contributed by atoms with van der Waals surface area (Å²) in [6.07, 6.45) is 1.75. The van der Waals surface area contributed by atoms with Gasteiger partial charge in [-0.15, -0.1) is 0 Å². The normalized spacial score (nSPS) is 14.3. The number of rotatable bonds is 4. The lowest BCUT2D eigenvalue weighted by molar-refractivity contribution is -0.113. The lowest BCUT2D eigenvalue weighted by Gasteiger charge is -2.19. The second kappa shape index (κ2) is 10.1. The van der Waals surface area contributed by atoms with Crippen LogP contribution < -0.4 is 10.5 Å². The highest BCUT2D eigenvalue weighted by molar-refractivity contribution is 9.10. The molecule has 39 heavy (non-hydrogen) atoms. The maximum atomic E-state index is 13.6. The van der Waals surface area contributed by atoms with Crippen LogP contribution in [0.2, 0.25) is 5.02 Å². The lowest BCUT2D eigenvalue weighted by atomic mass is 10.1. The van der Waals surface area contributed by atoms with Crippen molar-refractivity contribution in [2.75, 3.05) is 4.90 Å². The van der Waals surface area contributed by atoms with E-state index in [1.807, 2.05) is 78.9 Å². The van der Waals surface area contributed by atoms with Gasteiger partial charge in [0, 0.05) is 15.1 Å². The molecule has 0 saturated heterocycles. The molecule has 0 fully saturated rings. The Morgan fingerprint density at radius 2 is 1.54 bits per heavy atom. The molecule has 8 heteroatoms. The van der Waals surface area contributed by atoms with Crippen molar-refractivity contribution in [1.82, 2.24) is 9.55 Å². The highest BCUT2D eigenvalue weighted by Crippen LogP contribution is 2.29. The third kappa shape index (κ3) is 4.71. The Kier molecular flexibility index (Phi) is 6.46. The number of amidine groups is 1. The molecular weight excluding hydrogens is 576 g/mol. The summed E-state index contributed by atoms with van der Waals surface area (Å²) in [4.78, 5) is 37.9. The number of hydrogen-bond donors (Lipinski definition) is 0. The molecule has 0 bridgehead atoms. The number of amides is 1. The third-order valence-electron chi connectivity index (χ3n) is 6.43. The minimum atomic E-state index is -0.248. The maximum Gasteiger partial charge on any atom is 0.282 e. The minimum absolute atomic E-state index is 0.163. The van der Waals surface area contributed by atoms with Crippen LogP contribution in [0.5, 0.6) is 0 Å². The third-order valence-corrected chi connectivity index (χ3v) is 7.18. The molecule has 0 spiro atoms. The number of nitrogens with zero attached hydrogens (tertiary/aromatic N) is 4. The number of hydrogen-bond acceptors (Lipinski definition) is 4. The zero-order valence-corrected chi connectivity index (χ0v) is 23.0. The molecule has 1 aliphatic heterocycles. The molecule has 1 aliphatic rings. The summed E-state index contributed by atoms with van der Waals surface area (Å²) in [6.45, 7) is 1.80. The number of aromatic nitrogens is 2. The van der Waals surface area contributed by atoms with Crippen LogP contribution in [-0.4, -0.2) is 21.3 Å². The van der Waals surface area contributed by atoms with E-state index in [2.05, 4.69) is 20.9 Å². The first-order chi connectivity index (χ1) is 18.9. The fourth-order valence-electron chi connectivity index (χ4n) is 4.58. The molecule has 0 unspecified atom stereocenters. The fraction of sp³-hybridized carbons (Fsp3) is 0.0323. The molecule has 4 aromatic carbocycles. The number of benzene rings is 4. The quantitative estimate of drug-likeness (QED) is 0.211. The zero-order valence-electron chi connectivity index (χ0n) is 20.7. The Bertz CT molecular complexity index is 1860. The summed E-state index contributed by atoms with van der Waals surface area (Å²) in [5.74, 6) is 0.848. The van der Waals surface area contributed by atoms with Crippen molar-refractivity contribution < 1.29 is 4.79 Å². The van der Waals surface area contributed by atoms with Crippen LogP contribution in [-0.2, 0) is 4.79 Å². The van der Waals surface area contributed by atoms with Gasteiger partial charge in [0.25, 0.3) is 11.5 Å². The van der Waals surface area contributed by atoms with E-state index in [1.54, 1.807) is 40.7 Å². The van der Waals surface area contributed by atoms with Crippen LogP contribution in [0.4, 0.5) is 5.69 Å². The SMILES string of the molecule is Cc1nc2ccc(Br)cc2c(=O)n1-c1ccc(N2C(=O)C(=Cc3ccc(Cl)cc3)N=C2c2ccccc2)cc1. The van der Waals surface area contributed by atoms with Crippen molar-refractivity contribution in [2.45, 2.75) is 6.92 Å². The average molecular weight is 596 g/mol. The Labute approximate surface area is 237 Å². The Morgan fingerprint density at radius 3 is 2.26 bits per heavy atom. The van der Waals surface area contributed by atoms with E-state index < -0.39 is 0 Å². The van der Waals surface area contributed by atoms with Crippen molar-refractivity contribution in [3.63, 3.8) is 0 Å². The van der Waals surface area contributed by atoms with E-state index in [1.165, 1.54) is 0 Å². The second-order valence-corrected chi connectivity index (χ2v) is 10.4. The van der Waals surface area contributed by atoms with Crippen LogP contribution in [0.25, 0.3) is 22.7 Å². The molecule has 6 nitrogen and oxygen atoms in total. The van der Waals surface area contributed by atoms with Crippen LogP contribution in [0.1, 0.15) is 17.0 Å². The van der Waals surface area contributed by atoms with Crippen LogP contribution >= 0.6 is 27.5 Å². The van der Waals surface area contributed by atoms with Crippen molar-refractivity contribution in [3.05, 3.63) is 140 Å². The number of anilines is 1. The highest BCUT2D eigenvalue weighted by Gasteiger charge is 2.32. The number of aryl methyl sites for hydroxylation is 1. The van der Waals surface area contributed by atoms with Gasteiger partial charge in [0.05, 0.1) is 22.3 Å². The monoisotopic (exact) mass is 594 g/mol. The van der Waals surface area contributed by atoms with E-state index in [0.717, 1.165) is 15.6 Å². The summed E-state index contributed by atoms with van der Waals surface area (Å²) < 4.78 is 2.38. The first kappa shape index (κ1) is 25.0. The molecule has 0 atom stereocenters. The van der Waals surface area contributed by atoms with Crippen LogP contribution in [0, 0.1) is 6.92 Å². The average Bonchev–Trinajstić information content (AvgIpc) is 3.27. The Morgan fingerprint density at radius 1 is 0.846 bits per heavy atom. The summed E-state index contributed by atoms with van der Waals surface area (Å²) in [5, 5.41) is 1.14. The van der Waals surface area contributed by atoms with Crippen molar-refractivity contribution in [2.24, 2.45) is 4.99 Å². The fourth-order valence-corrected chi connectivity index (χ4v) is 5.06. The first-order valence-electron chi connectivity index (χ1n) is 12.1. The summed E-state index contributed by atoms with van der Waals surface area (Å²) in [7, 11) is 0. The molecule has 5 aromatic rings. The lowest BCUT2D eigenvalue weighted by Crippen LogP contribution is -2.32. The molecule has 1 aromatic heterocycles. The molecule has 0 radical (unpaired) electrons. The zero-order chi connectivity index (χ0) is 27.1. The summed E-state index contributed by atoms with van der Waals surface area (Å²) in [6, 6.07) is 29.5. The van der Waals surface area contributed by atoms with Gasteiger partial charge in [-0.1, -0.05) is 70.0 Å². The molecule has 190 valence electrons. The van der Waals surface area contributed by atoms with Crippen molar-refractivity contribution >= 4 is 61.9 Å². The summed E-state index contributed by atoms with van der Waals surface area (Å²) >= 11 is 9.46. The molecule has 6 rings (SSSR count). The number of fused-ring (bicyclic) bond motifs is 1. The van der Waals surface area contributed by atoms with Crippen molar-refractivity contribution in [3.8, 4) is 5.69 Å². The van der Waals surface area contributed by atoms with Gasteiger partial charge in [0.1, 0.15) is 17.4 Å². The van der Waals surface area contributed by atoms with Crippen molar-refractivity contribution in [1.29, 1.82) is 0 Å². The molecule has 2 heterocycles. The molecule has 0 aliphatic carbocycles. The van der Waals surface area contributed by atoms with E-state index in [4.69, 9.17) is 16.6 Å². The summed E-state index contributed by atoms with van der Waals surface area (Å²) in [5.41, 5.74) is 3.71. The minimum Gasteiger partial charge on any atom is -0.268 e. The highest BCUT2D eigenvalue weighted by atomic mass is 79.9. The van der Waals surface area contributed by atoms with E-state index >= 15 is 0 Å². The Balaban J connectivity index is 1.42. The number of aliphatic imine (C=N–C) groups is 1. The first-order valence-corrected chi connectivity index (χ1v) is 13.3. The molecular formula is C31H20BrClN4O2. The van der Waals surface area contributed by atoms with Crippen LogP contribution in [0.3, 0.4) is 0 Å². The van der Waals surface area contributed by atoms with E-state index in [0.29, 0.717) is 44.7 Å². The largest absolute Gasteiger partial charge is 0.282 e. The second-order valence-electron chi connectivity index (χ2n) is 9.00. The van der Waals surface area contributed by atoms with Gasteiger partial charge in [0.2, 0.25) is 0 Å². The van der Waals surface area contributed by atoms with E-state index in [-0.39, 0.29) is 11.5 Å². The Hall–Kier alpha value is -4.33. The molecule has 0 saturated carbocycles. The van der Waals surface area contributed by atoms with Gasteiger partial charge >= 0.3 is 0 Å². The number of carbonyl (C=O) groups is 1.